The summed E-state index contributed by atoms with van der Waals surface area (Å²) in [5.41, 5.74) is 0. The minimum Gasteiger partial charge on any atom is -0.300 e. The Balaban J connectivity index is 1.25. The van der Waals surface area contributed by atoms with Crippen LogP contribution in [0, 0.1) is 17.8 Å². The van der Waals surface area contributed by atoms with E-state index in [2.05, 4.69) is 22.0 Å². The van der Waals surface area contributed by atoms with E-state index in [9.17, 15) is 0 Å². The standard InChI is InChI=1S/C17H28N2/c1-2-4-17(3-1)19-9-7-18(8-10-19)13-16-12-14-5-6-15(16)11-14/h5-6,14-17H,1-4,7-13H2/t14-,15+,16+/m0/s1. The van der Waals surface area contributed by atoms with Crippen molar-refractivity contribution in [3.63, 3.8) is 0 Å². The highest BCUT2D eigenvalue weighted by Gasteiger charge is 2.37. The molecule has 0 aromatic carbocycles. The highest BCUT2D eigenvalue weighted by atomic mass is 15.3. The Morgan fingerprint density at radius 1 is 0.895 bits per heavy atom. The largest absolute Gasteiger partial charge is 0.300 e. The number of nitrogens with zero attached hydrogens (tertiary/aromatic N) is 2. The lowest BCUT2D eigenvalue weighted by Gasteiger charge is -2.39. The van der Waals surface area contributed by atoms with Crippen molar-refractivity contribution in [2.24, 2.45) is 17.8 Å². The van der Waals surface area contributed by atoms with Crippen LogP contribution in [-0.2, 0) is 0 Å². The third-order valence-electron chi connectivity index (χ3n) is 6.16. The van der Waals surface area contributed by atoms with E-state index in [1.165, 1.54) is 71.2 Å². The van der Waals surface area contributed by atoms with Crippen molar-refractivity contribution in [2.45, 2.75) is 44.6 Å². The van der Waals surface area contributed by atoms with Gasteiger partial charge in [0.1, 0.15) is 0 Å². The molecule has 2 bridgehead atoms. The molecule has 3 atom stereocenters. The van der Waals surface area contributed by atoms with Crippen molar-refractivity contribution in [2.75, 3.05) is 32.7 Å². The van der Waals surface area contributed by atoms with Crippen LogP contribution in [-0.4, -0.2) is 48.6 Å². The van der Waals surface area contributed by atoms with Crippen molar-refractivity contribution in [1.29, 1.82) is 0 Å². The summed E-state index contributed by atoms with van der Waals surface area (Å²) in [6.45, 7) is 6.70. The van der Waals surface area contributed by atoms with Crippen LogP contribution in [0.4, 0.5) is 0 Å². The number of hydrogen-bond donors (Lipinski definition) is 0. The maximum absolute atomic E-state index is 2.78. The second-order valence-electron chi connectivity index (χ2n) is 7.32. The van der Waals surface area contributed by atoms with Crippen molar-refractivity contribution in [3.05, 3.63) is 12.2 Å². The summed E-state index contributed by atoms with van der Waals surface area (Å²) in [7, 11) is 0. The summed E-state index contributed by atoms with van der Waals surface area (Å²) >= 11 is 0. The summed E-state index contributed by atoms with van der Waals surface area (Å²) < 4.78 is 0. The van der Waals surface area contributed by atoms with E-state index < -0.39 is 0 Å². The molecule has 3 aliphatic carbocycles. The molecule has 0 unspecified atom stereocenters. The first kappa shape index (κ1) is 12.4. The first-order valence-electron chi connectivity index (χ1n) is 8.53. The van der Waals surface area contributed by atoms with Crippen molar-refractivity contribution in [1.82, 2.24) is 9.80 Å². The SMILES string of the molecule is C1=C[C@@H]2C[C@H]1C[C@@H]2CN1CCN(C2CCCC2)CC1. The molecule has 1 saturated heterocycles. The van der Waals surface area contributed by atoms with Gasteiger partial charge >= 0.3 is 0 Å². The molecule has 2 nitrogen and oxygen atoms in total. The highest BCUT2D eigenvalue weighted by molar-refractivity contribution is 5.10. The molecular formula is C17H28N2. The van der Waals surface area contributed by atoms with E-state index in [1.54, 1.807) is 0 Å². The molecular weight excluding hydrogens is 232 g/mol. The van der Waals surface area contributed by atoms with Gasteiger partial charge in [0, 0.05) is 38.8 Å². The Morgan fingerprint density at radius 3 is 2.32 bits per heavy atom. The summed E-state index contributed by atoms with van der Waals surface area (Å²) in [6.07, 6.45) is 13.8. The van der Waals surface area contributed by atoms with Crippen LogP contribution in [0.25, 0.3) is 0 Å². The fourth-order valence-corrected chi connectivity index (χ4v) is 5.02. The van der Waals surface area contributed by atoms with Gasteiger partial charge in [-0.05, 0) is 43.4 Å². The lowest BCUT2D eigenvalue weighted by atomic mass is 9.93. The average Bonchev–Trinajstić information content (AvgIpc) is 3.17. The normalized spacial score (nSPS) is 40.5. The van der Waals surface area contributed by atoms with Crippen LogP contribution >= 0.6 is 0 Å². The zero-order valence-electron chi connectivity index (χ0n) is 12.1. The zero-order valence-corrected chi connectivity index (χ0v) is 12.1. The molecule has 3 fully saturated rings. The topological polar surface area (TPSA) is 6.48 Å². The van der Waals surface area contributed by atoms with Crippen LogP contribution in [0.1, 0.15) is 38.5 Å². The van der Waals surface area contributed by atoms with Gasteiger partial charge in [0.2, 0.25) is 0 Å². The number of piperazine rings is 1. The second-order valence-corrected chi connectivity index (χ2v) is 7.32. The van der Waals surface area contributed by atoms with Crippen LogP contribution < -0.4 is 0 Å². The lowest BCUT2D eigenvalue weighted by Crippen LogP contribution is -2.50. The molecule has 0 radical (unpaired) electrons. The van der Waals surface area contributed by atoms with E-state index in [-0.39, 0.29) is 0 Å². The Labute approximate surface area is 117 Å². The van der Waals surface area contributed by atoms with E-state index in [4.69, 9.17) is 0 Å². The fraction of sp³-hybridized carbons (Fsp3) is 0.882. The first-order valence-corrected chi connectivity index (χ1v) is 8.53. The van der Waals surface area contributed by atoms with Gasteiger partial charge in [-0.2, -0.15) is 0 Å². The minimum absolute atomic E-state index is 0.929. The Kier molecular flexibility index (Phi) is 3.40. The smallest absolute Gasteiger partial charge is 0.0113 e. The number of allylic oxidation sites excluding steroid dienone is 2. The summed E-state index contributed by atoms with van der Waals surface area (Å²) in [5.74, 6) is 2.85. The number of hydrogen-bond acceptors (Lipinski definition) is 2. The van der Waals surface area contributed by atoms with Gasteiger partial charge in [-0.25, -0.2) is 0 Å². The Hall–Kier alpha value is -0.340. The van der Waals surface area contributed by atoms with E-state index in [0.29, 0.717) is 0 Å². The van der Waals surface area contributed by atoms with E-state index >= 15 is 0 Å². The monoisotopic (exact) mass is 260 g/mol. The summed E-state index contributed by atoms with van der Waals surface area (Å²) in [6, 6.07) is 0.938. The molecule has 0 amide bonds. The predicted octanol–water partition coefficient (Wildman–Crippen LogP) is 2.76. The molecule has 4 aliphatic rings. The van der Waals surface area contributed by atoms with Crippen LogP contribution in [0.5, 0.6) is 0 Å². The van der Waals surface area contributed by atoms with Gasteiger partial charge in [0.15, 0.2) is 0 Å². The third-order valence-corrected chi connectivity index (χ3v) is 6.16. The van der Waals surface area contributed by atoms with E-state index in [0.717, 1.165) is 23.8 Å². The quantitative estimate of drug-likeness (QED) is 0.720. The maximum Gasteiger partial charge on any atom is 0.0113 e. The van der Waals surface area contributed by atoms with Gasteiger partial charge in [-0.1, -0.05) is 25.0 Å². The molecule has 0 aromatic heterocycles. The molecule has 0 N–H and O–H groups in total. The Morgan fingerprint density at radius 2 is 1.68 bits per heavy atom. The summed E-state index contributed by atoms with van der Waals surface area (Å²) in [4.78, 5) is 5.54. The minimum atomic E-state index is 0.929. The number of fused-ring (bicyclic) bond motifs is 2. The van der Waals surface area contributed by atoms with Crippen LogP contribution in [0.3, 0.4) is 0 Å². The highest BCUT2D eigenvalue weighted by Crippen LogP contribution is 2.43. The van der Waals surface area contributed by atoms with Gasteiger partial charge in [-0.15, -0.1) is 0 Å². The molecule has 0 aromatic rings. The molecule has 4 rings (SSSR count). The van der Waals surface area contributed by atoms with Crippen LogP contribution in [0.2, 0.25) is 0 Å². The predicted molar refractivity (Wildman–Crippen MR) is 79.1 cm³/mol. The van der Waals surface area contributed by atoms with Gasteiger partial charge < -0.3 is 4.90 Å². The summed E-state index contributed by atoms with van der Waals surface area (Å²) in [5, 5.41) is 0. The van der Waals surface area contributed by atoms with Crippen molar-refractivity contribution < 1.29 is 0 Å². The maximum atomic E-state index is 2.78. The fourth-order valence-electron chi connectivity index (χ4n) is 5.02. The van der Waals surface area contributed by atoms with Crippen molar-refractivity contribution >= 4 is 0 Å². The molecule has 2 heteroatoms. The second kappa shape index (κ2) is 5.21. The van der Waals surface area contributed by atoms with Gasteiger partial charge in [0.05, 0.1) is 0 Å². The molecule has 0 spiro atoms. The van der Waals surface area contributed by atoms with Gasteiger partial charge in [-0.3, -0.25) is 4.90 Å². The van der Waals surface area contributed by atoms with E-state index in [1.807, 2.05) is 0 Å². The van der Waals surface area contributed by atoms with Crippen LogP contribution in [0.15, 0.2) is 12.2 Å². The third kappa shape index (κ3) is 2.50. The molecule has 2 saturated carbocycles. The zero-order chi connectivity index (χ0) is 12.7. The van der Waals surface area contributed by atoms with Crippen molar-refractivity contribution in [3.8, 4) is 0 Å². The molecule has 1 heterocycles. The molecule has 19 heavy (non-hydrogen) atoms. The number of rotatable bonds is 3. The average molecular weight is 260 g/mol. The first-order chi connectivity index (χ1) is 9.38. The molecule has 106 valence electrons. The molecule has 1 aliphatic heterocycles. The van der Waals surface area contributed by atoms with Gasteiger partial charge in [0.25, 0.3) is 0 Å². The Bertz CT molecular complexity index is 337. The lowest BCUT2D eigenvalue weighted by molar-refractivity contribution is 0.0845.